The van der Waals surface area contributed by atoms with E-state index in [-0.39, 0.29) is 11.3 Å². The molecule has 1 aromatic carbocycles. The van der Waals surface area contributed by atoms with E-state index in [4.69, 9.17) is 4.18 Å². The third-order valence-corrected chi connectivity index (χ3v) is 6.57. The normalized spacial score (nSPS) is 17.9. The Kier molecular flexibility index (Phi) is 4.70. The van der Waals surface area contributed by atoms with E-state index >= 15 is 0 Å². The highest BCUT2D eigenvalue weighted by molar-refractivity contribution is 8.03. The standard InChI is InChI=1S/C13H16O6S2/c14-20(15,16)13(11-7-3-1-4-8-11)21(17,18)19-12-9-5-2-6-10-12/h1,3-4,7-9,13H,2,5-6,10H2,(H,14,15,16). The lowest BCUT2D eigenvalue weighted by Gasteiger charge is -2.18. The van der Waals surface area contributed by atoms with Crippen molar-refractivity contribution in [2.75, 3.05) is 0 Å². The minimum atomic E-state index is -4.87. The molecular weight excluding hydrogens is 316 g/mol. The largest absolute Gasteiger partial charge is 0.386 e. The summed E-state index contributed by atoms with van der Waals surface area (Å²) in [5.41, 5.74) is -0.0589. The Morgan fingerprint density at radius 3 is 2.24 bits per heavy atom. The molecular formula is C13H16O6S2. The Balaban J connectivity index is 2.39. The number of hydrogen-bond donors (Lipinski definition) is 1. The molecule has 0 aromatic heterocycles. The fourth-order valence-corrected chi connectivity index (χ4v) is 5.01. The summed E-state index contributed by atoms with van der Waals surface area (Å²) in [4.78, 5) is 0. The molecule has 0 radical (unpaired) electrons. The third kappa shape index (κ3) is 4.05. The number of allylic oxidation sites excluding steroid dienone is 2. The molecule has 0 saturated heterocycles. The average Bonchev–Trinajstić information content (AvgIpc) is 2.38. The minimum Gasteiger partial charge on any atom is -0.386 e. The van der Waals surface area contributed by atoms with E-state index in [1.54, 1.807) is 12.1 Å². The molecule has 0 fully saturated rings. The molecule has 0 spiro atoms. The van der Waals surface area contributed by atoms with E-state index in [0.717, 1.165) is 12.8 Å². The van der Waals surface area contributed by atoms with Gasteiger partial charge in [-0.25, -0.2) is 0 Å². The van der Waals surface area contributed by atoms with Gasteiger partial charge < -0.3 is 4.18 Å². The van der Waals surface area contributed by atoms with Crippen LogP contribution in [0.5, 0.6) is 0 Å². The summed E-state index contributed by atoms with van der Waals surface area (Å²) >= 11 is 0. The van der Waals surface area contributed by atoms with Gasteiger partial charge in [-0.15, -0.1) is 0 Å². The smallest absolute Gasteiger partial charge is 0.333 e. The summed E-state index contributed by atoms with van der Waals surface area (Å²) in [7, 11) is -9.41. The van der Waals surface area contributed by atoms with Crippen molar-refractivity contribution in [1.29, 1.82) is 0 Å². The van der Waals surface area contributed by atoms with Crippen molar-refractivity contribution in [3.63, 3.8) is 0 Å². The summed E-state index contributed by atoms with van der Waals surface area (Å²) < 4.78 is 59.5. The first-order valence-electron chi connectivity index (χ1n) is 6.44. The molecule has 2 rings (SSSR count). The van der Waals surface area contributed by atoms with Crippen molar-refractivity contribution >= 4 is 20.2 Å². The molecule has 116 valence electrons. The van der Waals surface area contributed by atoms with Crippen LogP contribution in [0, 0.1) is 0 Å². The molecule has 1 aliphatic carbocycles. The van der Waals surface area contributed by atoms with Gasteiger partial charge in [0.1, 0.15) is 5.76 Å². The molecule has 1 N–H and O–H groups in total. The first kappa shape index (κ1) is 16.0. The topological polar surface area (TPSA) is 97.7 Å². The zero-order chi connectivity index (χ0) is 15.5. The minimum absolute atomic E-state index is 0.0589. The van der Waals surface area contributed by atoms with Crippen LogP contribution in [0.25, 0.3) is 0 Å². The van der Waals surface area contributed by atoms with Gasteiger partial charge in [-0.3, -0.25) is 4.55 Å². The Bertz CT molecular complexity index is 719. The molecule has 0 amide bonds. The Hall–Kier alpha value is -1.38. The van der Waals surface area contributed by atoms with Gasteiger partial charge in [0.2, 0.25) is 4.58 Å². The molecule has 1 aliphatic rings. The van der Waals surface area contributed by atoms with Crippen molar-refractivity contribution in [1.82, 2.24) is 0 Å². The van der Waals surface area contributed by atoms with Gasteiger partial charge in [0.15, 0.2) is 0 Å². The second-order valence-electron chi connectivity index (χ2n) is 4.75. The summed E-state index contributed by atoms with van der Waals surface area (Å²) in [6.07, 6.45) is 4.47. The van der Waals surface area contributed by atoms with Crippen LogP contribution >= 0.6 is 0 Å². The zero-order valence-electron chi connectivity index (χ0n) is 11.2. The van der Waals surface area contributed by atoms with Gasteiger partial charge in [-0.05, 0) is 30.9 Å². The first-order valence-corrected chi connectivity index (χ1v) is 9.42. The second-order valence-corrected chi connectivity index (χ2v) is 8.17. The zero-order valence-corrected chi connectivity index (χ0v) is 12.8. The van der Waals surface area contributed by atoms with Gasteiger partial charge in [-0.2, -0.15) is 16.8 Å². The van der Waals surface area contributed by atoms with E-state index < -0.39 is 24.8 Å². The van der Waals surface area contributed by atoms with Gasteiger partial charge >= 0.3 is 10.1 Å². The van der Waals surface area contributed by atoms with Crippen LogP contribution in [-0.2, 0) is 24.4 Å². The van der Waals surface area contributed by atoms with E-state index in [2.05, 4.69) is 0 Å². The van der Waals surface area contributed by atoms with Crippen molar-refractivity contribution in [3.8, 4) is 0 Å². The number of rotatable bonds is 5. The SMILES string of the molecule is O=S(=O)(O)C(c1ccccc1)S(=O)(=O)OC1=CCCCC1. The van der Waals surface area contributed by atoms with Crippen molar-refractivity contribution in [3.05, 3.63) is 47.7 Å². The van der Waals surface area contributed by atoms with Crippen LogP contribution in [0.2, 0.25) is 0 Å². The van der Waals surface area contributed by atoms with Crippen molar-refractivity contribution in [2.24, 2.45) is 0 Å². The Morgan fingerprint density at radius 1 is 1.05 bits per heavy atom. The first-order chi connectivity index (χ1) is 9.81. The Morgan fingerprint density at radius 2 is 1.71 bits per heavy atom. The molecule has 21 heavy (non-hydrogen) atoms. The molecule has 1 atom stereocenters. The maximum Gasteiger partial charge on any atom is 0.333 e. The molecule has 0 heterocycles. The van der Waals surface area contributed by atoms with E-state index in [1.807, 2.05) is 0 Å². The van der Waals surface area contributed by atoms with Crippen LogP contribution in [0.1, 0.15) is 35.8 Å². The molecule has 1 unspecified atom stereocenters. The lowest BCUT2D eigenvalue weighted by Crippen LogP contribution is -2.24. The predicted octanol–water partition coefficient (Wildman–Crippen LogP) is 2.38. The maximum atomic E-state index is 12.2. The van der Waals surface area contributed by atoms with E-state index in [9.17, 15) is 21.4 Å². The summed E-state index contributed by atoms with van der Waals surface area (Å²) in [5, 5.41) is 0. The van der Waals surface area contributed by atoms with E-state index in [1.165, 1.54) is 24.3 Å². The summed E-state index contributed by atoms with van der Waals surface area (Å²) in [5.74, 6) is 0.228. The average molecular weight is 332 g/mol. The molecule has 0 bridgehead atoms. The van der Waals surface area contributed by atoms with Gasteiger partial charge in [0.05, 0.1) is 0 Å². The predicted molar refractivity (Wildman–Crippen MR) is 77.3 cm³/mol. The second kappa shape index (κ2) is 6.17. The highest BCUT2D eigenvalue weighted by Crippen LogP contribution is 2.32. The van der Waals surface area contributed by atoms with Gasteiger partial charge in [-0.1, -0.05) is 30.3 Å². The lowest BCUT2D eigenvalue weighted by molar-refractivity contribution is 0.371. The molecule has 0 aliphatic heterocycles. The highest BCUT2D eigenvalue weighted by atomic mass is 32.3. The van der Waals surface area contributed by atoms with Crippen LogP contribution < -0.4 is 0 Å². The van der Waals surface area contributed by atoms with Crippen molar-refractivity contribution < 1.29 is 25.6 Å². The molecule has 1 aromatic rings. The maximum absolute atomic E-state index is 12.2. The van der Waals surface area contributed by atoms with Crippen LogP contribution in [0.4, 0.5) is 0 Å². The Labute approximate surface area is 124 Å². The molecule has 6 nitrogen and oxygen atoms in total. The fourth-order valence-electron chi connectivity index (χ4n) is 2.17. The van der Waals surface area contributed by atoms with Crippen molar-refractivity contribution in [2.45, 2.75) is 30.3 Å². The summed E-state index contributed by atoms with van der Waals surface area (Å²) in [6.45, 7) is 0. The third-order valence-electron chi connectivity index (χ3n) is 3.08. The van der Waals surface area contributed by atoms with Crippen LogP contribution in [0.15, 0.2) is 42.2 Å². The van der Waals surface area contributed by atoms with Gasteiger partial charge in [0, 0.05) is 6.42 Å². The van der Waals surface area contributed by atoms with E-state index in [0.29, 0.717) is 12.8 Å². The summed E-state index contributed by atoms with van der Waals surface area (Å²) in [6, 6.07) is 7.22. The number of benzene rings is 1. The number of hydrogen-bond acceptors (Lipinski definition) is 5. The highest BCUT2D eigenvalue weighted by Gasteiger charge is 2.40. The quantitative estimate of drug-likeness (QED) is 0.656. The van der Waals surface area contributed by atoms with Crippen LogP contribution in [0.3, 0.4) is 0 Å². The lowest BCUT2D eigenvalue weighted by atomic mass is 10.1. The van der Waals surface area contributed by atoms with Crippen LogP contribution in [-0.4, -0.2) is 21.4 Å². The fraction of sp³-hybridized carbons (Fsp3) is 0.385. The molecule has 0 saturated carbocycles. The van der Waals surface area contributed by atoms with Gasteiger partial charge in [0.25, 0.3) is 10.1 Å². The monoisotopic (exact) mass is 332 g/mol. The molecule has 8 heteroatoms.